The van der Waals surface area contributed by atoms with Crippen molar-refractivity contribution in [1.82, 2.24) is 0 Å². The molecule has 74 valence electrons. The first kappa shape index (κ1) is 11.2. The van der Waals surface area contributed by atoms with Crippen molar-refractivity contribution in [2.45, 2.75) is 9.54 Å². The van der Waals surface area contributed by atoms with Gasteiger partial charge in [0.1, 0.15) is 0 Å². The van der Waals surface area contributed by atoms with Crippen molar-refractivity contribution < 1.29 is 0 Å². The van der Waals surface area contributed by atoms with Crippen molar-refractivity contribution in [2.24, 2.45) is 0 Å². The highest BCUT2D eigenvalue weighted by Crippen LogP contribution is 2.40. The topological polar surface area (TPSA) is 0 Å². The molecule has 0 nitrogen and oxygen atoms in total. The van der Waals surface area contributed by atoms with Crippen LogP contribution in [0.4, 0.5) is 0 Å². The summed E-state index contributed by atoms with van der Waals surface area (Å²) in [5.41, 5.74) is 1.44. The molecule has 0 fully saturated rings. The highest BCUT2D eigenvalue weighted by Gasteiger charge is 2.11. The minimum atomic E-state index is 0.948. The van der Waals surface area contributed by atoms with Gasteiger partial charge in [-0.1, -0.05) is 28.1 Å². The van der Waals surface area contributed by atoms with E-state index in [1.807, 2.05) is 23.1 Å². The van der Waals surface area contributed by atoms with Crippen LogP contribution in [-0.2, 0) is 5.33 Å². The van der Waals surface area contributed by atoms with E-state index < -0.39 is 0 Å². The lowest BCUT2D eigenvalue weighted by Gasteiger charge is -1.96. The van der Waals surface area contributed by atoms with Gasteiger partial charge in [-0.25, -0.2) is 0 Å². The lowest BCUT2D eigenvalue weighted by molar-refractivity contribution is 1.43. The van der Waals surface area contributed by atoms with Crippen LogP contribution in [-0.4, -0.2) is 6.26 Å². The monoisotopic (exact) mass is 398 g/mol. The predicted molar refractivity (Wildman–Crippen MR) is 79.0 cm³/mol. The zero-order chi connectivity index (χ0) is 10.1. The molecule has 0 aliphatic rings. The Morgan fingerprint density at radius 1 is 1.50 bits per heavy atom. The van der Waals surface area contributed by atoms with Gasteiger partial charge in [-0.3, -0.25) is 0 Å². The molecule has 0 N–H and O–H groups in total. The quantitative estimate of drug-likeness (QED) is 0.384. The Hall–Kier alpha value is 0.740. The van der Waals surface area contributed by atoms with Crippen LogP contribution in [0.15, 0.2) is 22.4 Å². The summed E-state index contributed by atoms with van der Waals surface area (Å²) in [5.74, 6) is 0. The van der Waals surface area contributed by atoms with Crippen LogP contribution >= 0.6 is 61.6 Å². The number of thioether (sulfide) groups is 1. The molecule has 0 saturated carbocycles. The fourth-order valence-electron chi connectivity index (χ4n) is 1.41. The Labute approximate surface area is 114 Å². The lowest BCUT2D eigenvalue weighted by Crippen LogP contribution is -1.76. The minimum Gasteiger partial charge on any atom is -0.127 e. The van der Waals surface area contributed by atoms with E-state index in [4.69, 9.17) is 0 Å². The lowest BCUT2D eigenvalue weighted by atomic mass is 10.2. The first-order valence-corrected chi connectivity index (χ1v) is 8.32. The summed E-state index contributed by atoms with van der Waals surface area (Å²) in [5, 5.41) is 2.35. The van der Waals surface area contributed by atoms with Gasteiger partial charge in [0, 0.05) is 13.6 Å². The van der Waals surface area contributed by atoms with Crippen LogP contribution in [0.5, 0.6) is 0 Å². The maximum Gasteiger partial charge on any atom is 0.0649 e. The number of rotatable bonds is 2. The molecule has 0 aliphatic carbocycles. The largest absolute Gasteiger partial charge is 0.127 e. The summed E-state index contributed by atoms with van der Waals surface area (Å²) < 4.78 is 4.21. The molecule has 0 saturated heterocycles. The smallest absolute Gasteiger partial charge is 0.0649 e. The summed E-state index contributed by atoms with van der Waals surface area (Å²) in [6.45, 7) is 0. The summed E-state index contributed by atoms with van der Waals surface area (Å²) in [6.07, 6.45) is 2.14. The van der Waals surface area contributed by atoms with Crippen molar-refractivity contribution in [3.63, 3.8) is 0 Å². The van der Waals surface area contributed by atoms with Crippen LogP contribution in [0.25, 0.3) is 10.1 Å². The fourth-order valence-corrected chi connectivity index (χ4v) is 5.16. The first-order chi connectivity index (χ1) is 6.77. The summed E-state index contributed by atoms with van der Waals surface area (Å²) in [7, 11) is 0. The van der Waals surface area contributed by atoms with E-state index in [1.165, 1.54) is 23.4 Å². The van der Waals surface area contributed by atoms with Gasteiger partial charge >= 0.3 is 0 Å². The molecule has 0 unspecified atom stereocenters. The van der Waals surface area contributed by atoms with Crippen LogP contribution in [0.3, 0.4) is 0 Å². The highest BCUT2D eigenvalue weighted by molar-refractivity contribution is 14.1. The zero-order valence-corrected chi connectivity index (χ0v) is 12.9. The third-order valence-corrected chi connectivity index (χ3v) is 6.32. The Bertz CT molecular complexity index is 464. The number of fused-ring (bicyclic) bond motifs is 1. The molecule has 2 rings (SSSR count). The van der Waals surface area contributed by atoms with Gasteiger partial charge in [-0.2, -0.15) is 0 Å². The van der Waals surface area contributed by atoms with Crippen LogP contribution in [0, 0.1) is 3.57 Å². The number of halogens is 2. The average molecular weight is 399 g/mol. The number of alkyl halides is 1. The molecule has 0 radical (unpaired) electrons. The fraction of sp³-hybridized carbons (Fsp3) is 0.200. The Balaban J connectivity index is 2.79. The van der Waals surface area contributed by atoms with Gasteiger partial charge < -0.3 is 0 Å². The number of thiophene rings is 1. The summed E-state index contributed by atoms with van der Waals surface area (Å²) in [4.78, 5) is 0. The highest BCUT2D eigenvalue weighted by atomic mass is 127. The third-order valence-electron chi connectivity index (χ3n) is 2.05. The van der Waals surface area contributed by atoms with Gasteiger partial charge in [0.25, 0.3) is 0 Å². The van der Waals surface area contributed by atoms with E-state index in [9.17, 15) is 0 Å². The molecule has 0 bridgehead atoms. The van der Waals surface area contributed by atoms with E-state index >= 15 is 0 Å². The second-order valence-electron chi connectivity index (χ2n) is 2.82. The van der Waals surface area contributed by atoms with Crippen LogP contribution in [0.2, 0.25) is 0 Å². The van der Waals surface area contributed by atoms with Crippen molar-refractivity contribution >= 4 is 71.7 Å². The molecule has 0 atom stereocenters. The SMILES string of the molecule is CSc1sc2c(I)cccc2c1CBr. The zero-order valence-electron chi connectivity index (χ0n) is 7.51. The Morgan fingerprint density at radius 2 is 2.29 bits per heavy atom. The first-order valence-electron chi connectivity index (χ1n) is 4.07. The minimum absolute atomic E-state index is 0.948. The second kappa shape index (κ2) is 4.72. The molecule has 2 aromatic rings. The van der Waals surface area contributed by atoms with Gasteiger partial charge in [0.2, 0.25) is 0 Å². The van der Waals surface area contributed by atoms with E-state index in [1.54, 1.807) is 0 Å². The molecule has 1 heterocycles. The molecule has 1 aromatic carbocycles. The molecule has 14 heavy (non-hydrogen) atoms. The summed E-state index contributed by atoms with van der Waals surface area (Å²) in [6, 6.07) is 6.51. The molecule has 1 aromatic heterocycles. The van der Waals surface area contributed by atoms with Crippen LogP contribution in [0.1, 0.15) is 5.56 Å². The van der Waals surface area contributed by atoms with E-state index in [0.29, 0.717) is 0 Å². The molecule has 4 heteroatoms. The van der Waals surface area contributed by atoms with Crippen molar-refractivity contribution in [1.29, 1.82) is 0 Å². The summed E-state index contributed by atoms with van der Waals surface area (Å²) >= 11 is 9.71. The number of hydrogen-bond donors (Lipinski definition) is 0. The molecule has 0 aliphatic heterocycles. The third kappa shape index (κ3) is 1.86. The van der Waals surface area contributed by atoms with Crippen LogP contribution < -0.4 is 0 Å². The van der Waals surface area contributed by atoms with Gasteiger partial charge in [-0.15, -0.1) is 23.1 Å². The van der Waals surface area contributed by atoms with Gasteiger partial charge in [0.15, 0.2) is 0 Å². The van der Waals surface area contributed by atoms with Crippen molar-refractivity contribution in [3.8, 4) is 0 Å². The normalized spacial score (nSPS) is 11.1. The molecule has 0 spiro atoms. The van der Waals surface area contributed by atoms with E-state index in [2.05, 4.69) is 63.0 Å². The Kier molecular flexibility index (Phi) is 3.79. The van der Waals surface area contributed by atoms with Crippen molar-refractivity contribution in [2.75, 3.05) is 6.26 Å². The molecular weight excluding hydrogens is 391 g/mol. The Morgan fingerprint density at radius 3 is 2.93 bits per heavy atom. The molecule has 0 amide bonds. The van der Waals surface area contributed by atoms with E-state index in [-0.39, 0.29) is 0 Å². The second-order valence-corrected chi connectivity index (χ2v) is 6.64. The van der Waals surface area contributed by atoms with Gasteiger partial charge in [0.05, 0.1) is 4.21 Å². The predicted octanol–water partition coefficient (Wildman–Crippen LogP) is 5.12. The standard InChI is InChI=1S/C10H8BrIS2/c1-13-10-7(5-11)6-3-2-4-8(12)9(6)14-10/h2-4H,5H2,1H3. The van der Waals surface area contributed by atoms with E-state index in [0.717, 1.165) is 5.33 Å². The maximum atomic E-state index is 3.56. The van der Waals surface area contributed by atoms with Crippen molar-refractivity contribution in [3.05, 3.63) is 27.3 Å². The number of hydrogen-bond acceptors (Lipinski definition) is 2. The maximum absolute atomic E-state index is 3.56. The average Bonchev–Trinajstić information content (AvgIpc) is 2.57. The number of benzene rings is 1. The van der Waals surface area contributed by atoms with Gasteiger partial charge in [-0.05, 0) is 45.9 Å². The molecular formula is C10H8BrIS2.